The Bertz CT molecular complexity index is 718. The number of amides is 1. The zero-order valence-electron chi connectivity index (χ0n) is 11.6. The minimum absolute atomic E-state index is 0.0433. The molecule has 0 saturated heterocycles. The number of hydrazone groups is 1. The largest absolute Gasteiger partial charge is 0.287 e. The maximum Gasteiger partial charge on any atom is 0.253 e. The number of ketones is 1. The summed E-state index contributed by atoms with van der Waals surface area (Å²) in [7, 11) is 0. The van der Waals surface area contributed by atoms with Crippen molar-refractivity contribution in [2.24, 2.45) is 5.10 Å². The predicted molar refractivity (Wildman–Crippen MR) is 81.5 cm³/mol. The van der Waals surface area contributed by atoms with E-state index >= 15 is 0 Å². The number of anilines is 1. The van der Waals surface area contributed by atoms with Gasteiger partial charge in [0.1, 0.15) is 5.71 Å². The van der Waals surface area contributed by atoms with Gasteiger partial charge in [-0.3, -0.25) is 9.59 Å². The number of carbonyl (C=O) groups excluding carboxylic acids is 2. The van der Waals surface area contributed by atoms with E-state index in [2.05, 4.69) is 5.10 Å². The molecule has 21 heavy (non-hydrogen) atoms. The van der Waals surface area contributed by atoms with Crippen LogP contribution in [-0.4, -0.2) is 17.4 Å². The van der Waals surface area contributed by atoms with E-state index in [9.17, 15) is 9.59 Å². The Morgan fingerprint density at radius 3 is 2.38 bits per heavy atom. The molecule has 1 heterocycles. The fourth-order valence-electron chi connectivity index (χ4n) is 2.20. The molecule has 0 radical (unpaired) electrons. The van der Waals surface area contributed by atoms with E-state index in [4.69, 9.17) is 0 Å². The maximum atomic E-state index is 12.3. The van der Waals surface area contributed by atoms with Crippen molar-refractivity contribution >= 4 is 23.1 Å². The SMILES string of the molecule is Cc1ccc(N2N=C(C(=O)c3ccccc3)CC2=O)cc1. The molecular formula is C17H14N2O2. The van der Waals surface area contributed by atoms with Crippen molar-refractivity contribution < 1.29 is 9.59 Å². The van der Waals surface area contributed by atoms with E-state index in [0.717, 1.165) is 5.56 Å². The van der Waals surface area contributed by atoms with Gasteiger partial charge in [-0.05, 0) is 19.1 Å². The Morgan fingerprint density at radius 2 is 1.71 bits per heavy atom. The van der Waals surface area contributed by atoms with E-state index in [0.29, 0.717) is 11.3 Å². The van der Waals surface area contributed by atoms with Crippen molar-refractivity contribution in [1.29, 1.82) is 0 Å². The van der Waals surface area contributed by atoms with Crippen LogP contribution in [0.3, 0.4) is 0 Å². The number of carbonyl (C=O) groups is 2. The summed E-state index contributed by atoms with van der Waals surface area (Å²) in [5, 5.41) is 5.50. The highest BCUT2D eigenvalue weighted by Gasteiger charge is 2.29. The van der Waals surface area contributed by atoms with Crippen LogP contribution in [0.15, 0.2) is 59.7 Å². The Balaban J connectivity index is 1.89. The van der Waals surface area contributed by atoms with Gasteiger partial charge in [-0.25, -0.2) is 5.01 Å². The number of hydrogen-bond acceptors (Lipinski definition) is 3. The molecule has 0 bridgehead atoms. The molecule has 1 amide bonds. The van der Waals surface area contributed by atoms with Crippen LogP contribution in [0.1, 0.15) is 22.3 Å². The van der Waals surface area contributed by atoms with Gasteiger partial charge in [-0.2, -0.15) is 5.10 Å². The molecule has 0 unspecified atom stereocenters. The fourth-order valence-corrected chi connectivity index (χ4v) is 2.20. The second kappa shape index (κ2) is 5.32. The molecule has 0 N–H and O–H groups in total. The summed E-state index contributed by atoms with van der Waals surface area (Å²) in [6, 6.07) is 16.4. The molecule has 1 aliphatic heterocycles. The summed E-state index contributed by atoms with van der Waals surface area (Å²) in [6.07, 6.45) is 0.0433. The number of nitrogens with zero attached hydrogens (tertiary/aromatic N) is 2. The molecule has 2 aromatic carbocycles. The lowest BCUT2D eigenvalue weighted by Gasteiger charge is -2.11. The normalized spacial score (nSPS) is 14.2. The van der Waals surface area contributed by atoms with Gasteiger partial charge in [0.15, 0.2) is 0 Å². The lowest BCUT2D eigenvalue weighted by molar-refractivity contribution is -0.116. The van der Waals surface area contributed by atoms with Crippen LogP contribution in [0.25, 0.3) is 0 Å². The molecule has 3 rings (SSSR count). The number of Topliss-reactive ketones (excluding diaryl/α,β-unsaturated/α-hetero) is 1. The molecular weight excluding hydrogens is 264 g/mol. The summed E-state index contributed by atoms with van der Waals surface area (Å²) >= 11 is 0. The molecule has 0 saturated carbocycles. The summed E-state index contributed by atoms with van der Waals surface area (Å²) in [6.45, 7) is 1.98. The van der Waals surface area contributed by atoms with Gasteiger partial charge >= 0.3 is 0 Å². The Labute approximate surface area is 122 Å². The second-order valence-electron chi connectivity index (χ2n) is 4.96. The standard InChI is InChI=1S/C17H14N2O2/c1-12-7-9-14(10-8-12)19-16(20)11-15(18-19)17(21)13-5-3-2-4-6-13/h2-10H,11H2,1H3. The third-order valence-corrected chi connectivity index (χ3v) is 3.35. The van der Waals surface area contributed by atoms with Crippen LogP contribution >= 0.6 is 0 Å². The van der Waals surface area contributed by atoms with Crippen molar-refractivity contribution in [3.8, 4) is 0 Å². The Hall–Kier alpha value is -2.75. The summed E-state index contributed by atoms with van der Waals surface area (Å²) < 4.78 is 0. The highest BCUT2D eigenvalue weighted by Crippen LogP contribution is 2.22. The van der Waals surface area contributed by atoms with Crippen LogP contribution in [0.4, 0.5) is 5.69 Å². The first kappa shape index (κ1) is 13.2. The smallest absolute Gasteiger partial charge is 0.253 e. The monoisotopic (exact) mass is 278 g/mol. The highest BCUT2D eigenvalue weighted by molar-refractivity contribution is 6.50. The number of aryl methyl sites for hydroxylation is 1. The van der Waals surface area contributed by atoms with E-state index in [1.54, 1.807) is 24.3 Å². The summed E-state index contributed by atoms with van der Waals surface area (Å²) in [5.41, 5.74) is 2.62. The van der Waals surface area contributed by atoms with Gasteiger partial charge in [0.2, 0.25) is 5.78 Å². The maximum absolute atomic E-state index is 12.3. The molecule has 0 fully saturated rings. The second-order valence-corrected chi connectivity index (χ2v) is 4.96. The van der Waals surface area contributed by atoms with Gasteiger partial charge in [0, 0.05) is 5.56 Å². The first-order valence-corrected chi connectivity index (χ1v) is 6.72. The lowest BCUT2D eigenvalue weighted by atomic mass is 10.1. The fraction of sp³-hybridized carbons (Fsp3) is 0.118. The van der Waals surface area contributed by atoms with Crippen LogP contribution in [0, 0.1) is 6.92 Å². The summed E-state index contributed by atoms with van der Waals surface area (Å²) in [5.74, 6) is -0.378. The molecule has 1 aliphatic rings. The van der Waals surface area contributed by atoms with E-state index < -0.39 is 0 Å². The third kappa shape index (κ3) is 2.60. The van der Waals surface area contributed by atoms with Crippen molar-refractivity contribution in [2.75, 3.05) is 5.01 Å². The lowest BCUT2D eigenvalue weighted by Crippen LogP contribution is -2.19. The topological polar surface area (TPSA) is 49.7 Å². The Morgan fingerprint density at radius 1 is 1.05 bits per heavy atom. The third-order valence-electron chi connectivity index (χ3n) is 3.35. The predicted octanol–water partition coefficient (Wildman–Crippen LogP) is 2.97. The Kier molecular flexibility index (Phi) is 3.36. The molecule has 4 heteroatoms. The molecule has 104 valence electrons. The first-order valence-electron chi connectivity index (χ1n) is 6.72. The van der Waals surface area contributed by atoms with Crippen molar-refractivity contribution in [1.82, 2.24) is 0 Å². The van der Waals surface area contributed by atoms with Crippen LogP contribution in [0.2, 0.25) is 0 Å². The summed E-state index contributed by atoms with van der Waals surface area (Å²) in [4.78, 5) is 24.4. The van der Waals surface area contributed by atoms with E-state index in [-0.39, 0.29) is 23.8 Å². The van der Waals surface area contributed by atoms with E-state index in [1.807, 2.05) is 37.3 Å². The van der Waals surface area contributed by atoms with Gasteiger partial charge < -0.3 is 0 Å². The number of rotatable bonds is 3. The first-order chi connectivity index (χ1) is 10.1. The minimum atomic E-state index is -0.196. The van der Waals surface area contributed by atoms with Crippen molar-refractivity contribution in [3.05, 3.63) is 65.7 Å². The van der Waals surface area contributed by atoms with Gasteiger partial charge in [0.25, 0.3) is 5.91 Å². The number of benzene rings is 2. The van der Waals surface area contributed by atoms with Crippen molar-refractivity contribution in [3.63, 3.8) is 0 Å². The average molecular weight is 278 g/mol. The molecule has 0 aromatic heterocycles. The van der Waals surface area contributed by atoms with Gasteiger partial charge in [-0.1, -0.05) is 48.0 Å². The zero-order chi connectivity index (χ0) is 14.8. The molecule has 4 nitrogen and oxygen atoms in total. The van der Waals surface area contributed by atoms with Crippen LogP contribution in [-0.2, 0) is 4.79 Å². The molecule has 0 aliphatic carbocycles. The van der Waals surface area contributed by atoms with Crippen molar-refractivity contribution in [2.45, 2.75) is 13.3 Å². The molecule has 2 aromatic rings. The zero-order valence-corrected chi connectivity index (χ0v) is 11.6. The van der Waals surface area contributed by atoms with E-state index in [1.165, 1.54) is 5.01 Å². The number of hydrogen-bond donors (Lipinski definition) is 0. The minimum Gasteiger partial charge on any atom is -0.287 e. The molecule has 0 atom stereocenters. The highest BCUT2D eigenvalue weighted by atomic mass is 16.2. The quantitative estimate of drug-likeness (QED) is 0.810. The van der Waals surface area contributed by atoms with Gasteiger partial charge in [-0.15, -0.1) is 0 Å². The average Bonchev–Trinajstić information content (AvgIpc) is 2.90. The molecule has 0 spiro atoms. The van der Waals surface area contributed by atoms with Crippen LogP contribution < -0.4 is 5.01 Å². The van der Waals surface area contributed by atoms with Crippen LogP contribution in [0.5, 0.6) is 0 Å². The van der Waals surface area contributed by atoms with Gasteiger partial charge in [0.05, 0.1) is 12.1 Å².